The molecule has 0 amide bonds. The summed E-state index contributed by atoms with van der Waals surface area (Å²) in [7, 11) is 0. The van der Waals surface area contributed by atoms with E-state index in [-0.39, 0.29) is 0 Å². The van der Waals surface area contributed by atoms with Crippen molar-refractivity contribution < 1.29 is 0 Å². The van der Waals surface area contributed by atoms with E-state index >= 15 is 0 Å². The average molecular weight is 245 g/mol. The first kappa shape index (κ1) is 12.0. The van der Waals surface area contributed by atoms with Gasteiger partial charge in [0, 0.05) is 16.7 Å². The summed E-state index contributed by atoms with van der Waals surface area (Å²) in [5, 5.41) is 11.2. The van der Waals surface area contributed by atoms with E-state index in [1.807, 2.05) is 12.1 Å². The molecule has 0 radical (unpaired) electrons. The quantitative estimate of drug-likeness (QED) is 0.814. The van der Waals surface area contributed by atoms with Crippen LogP contribution in [0.2, 0.25) is 0 Å². The molecule has 0 saturated carbocycles. The molecule has 0 aliphatic heterocycles. The fourth-order valence-corrected chi connectivity index (χ4v) is 2.69. The highest BCUT2D eigenvalue weighted by atomic mass is 32.2. The maximum Gasteiger partial charge on any atom is 0.102 e. The van der Waals surface area contributed by atoms with E-state index in [0.29, 0.717) is 6.42 Å². The summed E-state index contributed by atoms with van der Waals surface area (Å²) in [5.74, 6) is 0.841. The maximum absolute atomic E-state index is 8.81. The van der Waals surface area contributed by atoms with Crippen molar-refractivity contribution >= 4 is 22.7 Å². The third-order valence-electron chi connectivity index (χ3n) is 2.64. The highest BCUT2D eigenvalue weighted by Gasteiger charge is 2.16. The maximum atomic E-state index is 8.81. The SMILES string of the molecule is CC(N)(C#N)CCSc1cc2ccccc2[nH]1. The van der Waals surface area contributed by atoms with E-state index in [1.165, 1.54) is 5.39 Å². The lowest BCUT2D eigenvalue weighted by Gasteiger charge is -2.13. The van der Waals surface area contributed by atoms with Crippen molar-refractivity contribution in [2.45, 2.75) is 23.9 Å². The fraction of sp³-hybridized carbons (Fsp3) is 0.308. The van der Waals surface area contributed by atoms with E-state index in [0.717, 1.165) is 16.3 Å². The second-order valence-corrected chi connectivity index (χ2v) is 5.49. The van der Waals surface area contributed by atoms with Gasteiger partial charge in [-0.3, -0.25) is 0 Å². The largest absolute Gasteiger partial charge is 0.350 e. The van der Waals surface area contributed by atoms with Gasteiger partial charge < -0.3 is 10.7 Å². The lowest BCUT2D eigenvalue weighted by Crippen LogP contribution is -2.34. The van der Waals surface area contributed by atoms with Crippen molar-refractivity contribution in [1.29, 1.82) is 5.26 Å². The second kappa shape index (κ2) is 4.82. The summed E-state index contributed by atoms with van der Waals surface area (Å²) >= 11 is 1.70. The Hall–Kier alpha value is -1.44. The standard InChI is InChI=1S/C13H15N3S/c1-13(15,9-14)6-7-17-12-8-10-4-2-3-5-11(10)16-12/h2-5,8,16H,6-7,15H2,1H3. The van der Waals surface area contributed by atoms with Crippen molar-refractivity contribution in [2.75, 3.05) is 5.75 Å². The van der Waals surface area contributed by atoms with Gasteiger partial charge in [-0.05, 0) is 25.5 Å². The van der Waals surface area contributed by atoms with Crippen molar-refractivity contribution in [2.24, 2.45) is 5.73 Å². The molecular weight excluding hydrogens is 230 g/mol. The number of aromatic amines is 1. The summed E-state index contributed by atoms with van der Waals surface area (Å²) in [6.07, 6.45) is 0.684. The Morgan fingerprint density at radius 2 is 2.24 bits per heavy atom. The van der Waals surface area contributed by atoms with Crippen LogP contribution in [0.25, 0.3) is 10.9 Å². The van der Waals surface area contributed by atoms with Crippen LogP contribution >= 0.6 is 11.8 Å². The van der Waals surface area contributed by atoms with E-state index in [1.54, 1.807) is 18.7 Å². The smallest absolute Gasteiger partial charge is 0.102 e. The zero-order chi connectivity index (χ0) is 12.3. The van der Waals surface area contributed by atoms with Crippen molar-refractivity contribution in [3.8, 4) is 6.07 Å². The molecule has 0 spiro atoms. The molecule has 0 aliphatic rings. The summed E-state index contributed by atoms with van der Waals surface area (Å²) in [4.78, 5) is 3.34. The van der Waals surface area contributed by atoms with Gasteiger partial charge in [0.2, 0.25) is 0 Å². The Morgan fingerprint density at radius 1 is 1.47 bits per heavy atom. The molecular formula is C13H15N3S. The summed E-state index contributed by atoms with van der Waals surface area (Å²) in [6.45, 7) is 1.76. The van der Waals surface area contributed by atoms with E-state index in [9.17, 15) is 0 Å². The number of nitrogens with one attached hydrogen (secondary N) is 1. The fourth-order valence-electron chi connectivity index (χ4n) is 1.55. The minimum absolute atomic E-state index is 0.684. The Bertz CT molecular complexity index is 518. The average Bonchev–Trinajstić information content (AvgIpc) is 2.71. The molecule has 2 rings (SSSR count). The monoisotopic (exact) mass is 245 g/mol. The number of thioether (sulfide) groups is 1. The van der Waals surface area contributed by atoms with Crippen LogP contribution in [-0.2, 0) is 0 Å². The van der Waals surface area contributed by atoms with Gasteiger partial charge in [-0.15, -0.1) is 11.8 Å². The number of nitrogens with zero attached hydrogens (tertiary/aromatic N) is 1. The molecule has 1 heterocycles. The van der Waals surface area contributed by atoms with Gasteiger partial charge >= 0.3 is 0 Å². The minimum atomic E-state index is -0.723. The molecule has 3 N–H and O–H groups in total. The number of nitriles is 1. The van der Waals surface area contributed by atoms with Gasteiger partial charge in [-0.25, -0.2) is 0 Å². The molecule has 1 aromatic heterocycles. The molecule has 2 aromatic rings. The molecule has 1 atom stereocenters. The van der Waals surface area contributed by atoms with E-state index < -0.39 is 5.54 Å². The van der Waals surface area contributed by atoms with Crippen molar-refractivity contribution in [1.82, 2.24) is 4.98 Å². The van der Waals surface area contributed by atoms with Crippen LogP contribution in [0.5, 0.6) is 0 Å². The number of nitrogens with two attached hydrogens (primary N) is 1. The highest BCUT2D eigenvalue weighted by molar-refractivity contribution is 7.99. The zero-order valence-corrected chi connectivity index (χ0v) is 10.6. The van der Waals surface area contributed by atoms with Gasteiger partial charge in [-0.1, -0.05) is 18.2 Å². The Labute approximate surface area is 105 Å². The first-order valence-electron chi connectivity index (χ1n) is 5.51. The van der Waals surface area contributed by atoms with E-state index in [2.05, 4.69) is 29.3 Å². The van der Waals surface area contributed by atoms with Crippen LogP contribution in [0.1, 0.15) is 13.3 Å². The van der Waals surface area contributed by atoms with Crippen LogP contribution < -0.4 is 5.73 Å². The van der Waals surface area contributed by atoms with Crippen LogP contribution in [0.4, 0.5) is 0 Å². The number of aromatic nitrogens is 1. The molecule has 0 bridgehead atoms. The lowest BCUT2D eigenvalue weighted by atomic mass is 10.0. The molecule has 17 heavy (non-hydrogen) atoms. The molecule has 1 aromatic carbocycles. The lowest BCUT2D eigenvalue weighted by molar-refractivity contribution is 0.583. The number of para-hydroxylation sites is 1. The summed E-state index contributed by atoms with van der Waals surface area (Å²) in [5.41, 5.74) is 6.19. The van der Waals surface area contributed by atoms with Gasteiger partial charge in [-0.2, -0.15) is 5.26 Å². The van der Waals surface area contributed by atoms with Crippen LogP contribution in [0, 0.1) is 11.3 Å². The molecule has 1 unspecified atom stereocenters. The molecule has 0 aliphatic carbocycles. The molecule has 88 valence electrons. The number of benzene rings is 1. The molecule has 4 heteroatoms. The number of fused-ring (bicyclic) bond motifs is 1. The van der Waals surface area contributed by atoms with Crippen LogP contribution in [-0.4, -0.2) is 16.3 Å². The molecule has 0 fully saturated rings. The van der Waals surface area contributed by atoms with Crippen molar-refractivity contribution in [3.63, 3.8) is 0 Å². The predicted octanol–water partition coefficient (Wildman–Crippen LogP) is 2.89. The molecule has 0 saturated heterocycles. The Balaban J connectivity index is 1.98. The molecule has 3 nitrogen and oxygen atoms in total. The second-order valence-electron chi connectivity index (χ2n) is 4.35. The third kappa shape index (κ3) is 3.02. The Morgan fingerprint density at radius 3 is 2.94 bits per heavy atom. The topological polar surface area (TPSA) is 65.6 Å². The van der Waals surface area contributed by atoms with Crippen LogP contribution in [0.15, 0.2) is 35.4 Å². The minimum Gasteiger partial charge on any atom is -0.350 e. The third-order valence-corrected chi connectivity index (χ3v) is 3.58. The van der Waals surface area contributed by atoms with Gasteiger partial charge in [0.1, 0.15) is 5.54 Å². The zero-order valence-electron chi connectivity index (χ0n) is 9.73. The Kier molecular flexibility index (Phi) is 3.41. The number of hydrogen-bond donors (Lipinski definition) is 2. The van der Waals surface area contributed by atoms with E-state index in [4.69, 9.17) is 11.0 Å². The number of hydrogen-bond acceptors (Lipinski definition) is 3. The van der Waals surface area contributed by atoms with Gasteiger partial charge in [0.05, 0.1) is 11.1 Å². The summed E-state index contributed by atoms with van der Waals surface area (Å²) in [6, 6.07) is 12.4. The van der Waals surface area contributed by atoms with Crippen molar-refractivity contribution in [3.05, 3.63) is 30.3 Å². The number of rotatable bonds is 4. The first-order chi connectivity index (χ1) is 8.11. The van der Waals surface area contributed by atoms with Gasteiger partial charge in [0.25, 0.3) is 0 Å². The van der Waals surface area contributed by atoms with Gasteiger partial charge in [0.15, 0.2) is 0 Å². The van der Waals surface area contributed by atoms with Crippen LogP contribution in [0.3, 0.4) is 0 Å². The number of H-pyrrole nitrogens is 1. The highest BCUT2D eigenvalue weighted by Crippen LogP contribution is 2.24. The first-order valence-corrected chi connectivity index (χ1v) is 6.50. The predicted molar refractivity (Wildman–Crippen MR) is 71.8 cm³/mol. The normalized spacial score (nSPS) is 14.4. The summed E-state index contributed by atoms with van der Waals surface area (Å²) < 4.78 is 0.